The summed E-state index contributed by atoms with van der Waals surface area (Å²) in [5, 5.41) is 3.38. The number of esters is 1. The maximum Gasteiger partial charge on any atom is 0.311 e. The molecular formula is C23H28N2O3. The van der Waals surface area contributed by atoms with Gasteiger partial charge in [0.2, 0.25) is 0 Å². The van der Waals surface area contributed by atoms with E-state index in [-0.39, 0.29) is 35.6 Å². The van der Waals surface area contributed by atoms with Crippen molar-refractivity contribution in [1.29, 1.82) is 0 Å². The van der Waals surface area contributed by atoms with E-state index in [4.69, 9.17) is 14.5 Å². The van der Waals surface area contributed by atoms with Gasteiger partial charge in [-0.2, -0.15) is 0 Å². The number of para-hydroxylation sites is 1. The monoisotopic (exact) mass is 380 g/mol. The van der Waals surface area contributed by atoms with Crippen LogP contribution < -0.4 is 5.32 Å². The van der Waals surface area contributed by atoms with Crippen molar-refractivity contribution in [3.05, 3.63) is 41.5 Å². The zero-order chi connectivity index (χ0) is 19.3. The molecule has 4 aliphatic rings. The summed E-state index contributed by atoms with van der Waals surface area (Å²) in [6.45, 7) is 4.83. The molecular weight excluding hydrogens is 352 g/mol. The molecule has 0 spiro atoms. The van der Waals surface area contributed by atoms with Crippen LogP contribution in [0.5, 0.6) is 0 Å². The molecule has 1 N–H and O–H groups in total. The predicted molar refractivity (Wildman–Crippen MR) is 108 cm³/mol. The van der Waals surface area contributed by atoms with E-state index >= 15 is 0 Å². The Bertz CT molecular complexity index is 834. The van der Waals surface area contributed by atoms with Gasteiger partial charge in [-0.3, -0.25) is 9.79 Å². The zero-order valence-corrected chi connectivity index (χ0v) is 16.6. The number of carbonyl (C=O) groups is 1. The quantitative estimate of drug-likeness (QED) is 0.480. The maximum absolute atomic E-state index is 12.7. The molecule has 0 saturated carbocycles. The van der Waals surface area contributed by atoms with Gasteiger partial charge in [0.25, 0.3) is 0 Å². The van der Waals surface area contributed by atoms with Gasteiger partial charge in [-0.25, -0.2) is 0 Å². The molecule has 1 aromatic rings. The Hall–Kier alpha value is -2.14. The number of rotatable bonds is 2. The largest absolute Gasteiger partial charge is 0.459 e. The Kier molecular flexibility index (Phi) is 4.31. The van der Waals surface area contributed by atoms with Crippen LogP contribution in [0, 0.1) is 11.8 Å². The lowest BCUT2D eigenvalue weighted by molar-refractivity contribution is -0.144. The molecule has 5 rings (SSSR count). The first-order chi connectivity index (χ1) is 13.5. The van der Waals surface area contributed by atoms with Gasteiger partial charge in [0.15, 0.2) is 0 Å². The summed E-state index contributed by atoms with van der Waals surface area (Å²) < 4.78 is 11.9. The van der Waals surface area contributed by atoms with Crippen molar-refractivity contribution in [3.63, 3.8) is 0 Å². The minimum Gasteiger partial charge on any atom is -0.459 e. The lowest BCUT2D eigenvalue weighted by Crippen LogP contribution is -2.31. The number of amidine groups is 1. The van der Waals surface area contributed by atoms with Gasteiger partial charge >= 0.3 is 5.97 Å². The topological polar surface area (TPSA) is 63.2 Å². The average molecular weight is 380 g/mol. The first-order valence-corrected chi connectivity index (χ1v) is 10.5. The smallest absolute Gasteiger partial charge is 0.311 e. The fourth-order valence-corrected chi connectivity index (χ4v) is 5.03. The molecule has 0 amide bonds. The molecule has 0 aromatic heterocycles. The molecule has 3 heterocycles. The van der Waals surface area contributed by atoms with Crippen LogP contribution in [-0.4, -0.2) is 36.2 Å². The van der Waals surface area contributed by atoms with Crippen LogP contribution in [-0.2, 0) is 20.7 Å². The summed E-state index contributed by atoms with van der Waals surface area (Å²) in [6, 6.07) is 8.26. The number of hydrogen-bond acceptors (Lipinski definition) is 4. The highest BCUT2D eigenvalue weighted by Crippen LogP contribution is 2.50. The van der Waals surface area contributed by atoms with E-state index in [1.165, 1.54) is 11.1 Å². The summed E-state index contributed by atoms with van der Waals surface area (Å²) >= 11 is 0. The first-order valence-electron chi connectivity index (χ1n) is 10.5. The summed E-state index contributed by atoms with van der Waals surface area (Å²) in [6.07, 6.45) is 7.05. The molecule has 1 aromatic carbocycles. The minimum absolute atomic E-state index is 0.0415. The standard InChI is InChI=1S/C23H28N2O3/c1-14-6-5-11-23(2)21(28-23)20-16(10-9-14)17(22(26)27-20)13-24-19-12-15-7-3-4-8-18(15)25-19/h3-4,6-8,16-17,20-21H,5,9-13H2,1-2H3,(H,24,25)/b14-6+/t16-,17-,20-,21-,23+/m0/s1. The van der Waals surface area contributed by atoms with Gasteiger partial charge in [0.05, 0.1) is 18.1 Å². The van der Waals surface area contributed by atoms with Crippen LogP contribution in [0.15, 0.2) is 40.9 Å². The third-order valence-electron chi connectivity index (χ3n) is 6.87. The molecule has 0 radical (unpaired) electrons. The number of ether oxygens (including phenoxy) is 2. The highest BCUT2D eigenvalue weighted by molar-refractivity contribution is 6.03. The van der Waals surface area contributed by atoms with Crippen LogP contribution in [0.3, 0.4) is 0 Å². The first kappa shape index (κ1) is 17.9. The Morgan fingerprint density at radius 3 is 3.04 bits per heavy atom. The van der Waals surface area contributed by atoms with Crippen molar-refractivity contribution >= 4 is 17.5 Å². The van der Waals surface area contributed by atoms with Crippen LogP contribution in [0.1, 0.15) is 45.1 Å². The second-order valence-corrected chi connectivity index (χ2v) is 8.90. The number of benzene rings is 1. The van der Waals surface area contributed by atoms with E-state index in [9.17, 15) is 4.79 Å². The highest BCUT2D eigenvalue weighted by Gasteiger charge is 2.62. The van der Waals surface area contributed by atoms with E-state index in [0.29, 0.717) is 6.54 Å². The third-order valence-corrected chi connectivity index (χ3v) is 6.87. The number of nitrogens with one attached hydrogen (secondary N) is 1. The van der Waals surface area contributed by atoms with Gasteiger partial charge in [0.1, 0.15) is 18.0 Å². The van der Waals surface area contributed by atoms with E-state index in [1.54, 1.807) is 0 Å². The second kappa shape index (κ2) is 6.73. The van der Waals surface area contributed by atoms with Crippen LogP contribution in [0.25, 0.3) is 0 Å². The second-order valence-electron chi connectivity index (χ2n) is 8.90. The van der Waals surface area contributed by atoms with E-state index in [1.807, 2.05) is 12.1 Å². The number of carbonyl (C=O) groups excluding carboxylic acids is 1. The van der Waals surface area contributed by atoms with Crippen molar-refractivity contribution in [2.75, 3.05) is 11.9 Å². The number of nitrogens with zero attached hydrogens (tertiary/aromatic N) is 1. The number of epoxide rings is 1. The van der Waals surface area contributed by atoms with Gasteiger partial charge < -0.3 is 14.8 Å². The summed E-state index contributed by atoms with van der Waals surface area (Å²) in [5.74, 6) is 0.840. The molecule has 1 aliphatic carbocycles. The number of fused-ring (bicyclic) bond motifs is 4. The normalized spacial score (nSPS) is 39.9. The fraction of sp³-hybridized carbons (Fsp3) is 0.565. The van der Waals surface area contributed by atoms with Gasteiger partial charge in [0, 0.05) is 18.0 Å². The van der Waals surface area contributed by atoms with Crippen LogP contribution >= 0.6 is 0 Å². The number of hydrogen-bond donors (Lipinski definition) is 1. The SMILES string of the molecule is C/C1=C\CC[C@@]2(C)O[C@H]2[C@H]2OC(=O)[C@@H](CN=C3Cc4ccccc4N3)[C@@H]2CC1. The van der Waals surface area contributed by atoms with Gasteiger partial charge in [-0.05, 0) is 51.2 Å². The maximum atomic E-state index is 12.7. The molecule has 5 nitrogen and oxygen atoms in total. The lowest BCUT2D eigenvalue weighted by atomic mass is 9.81. The summed E-state index contributed by atoms with van der Waals surface area (Å²) in [4.78, 5) is 17.5. The molecule has 2 fully saturated rings. The van der Waals surface area contributed by atoms with Crippen molar-refractivity contribution in [2.45, 2.75) is 63.8 Å². The minimum atomic E-state index is -0.177. The molecule has 5 heteroatoms. The van der Waals surface area contributed by atoms with E-state index in [2.05, 4.69) is 37.4 Å². The molecule has 3 aliphatic heterocycles. The van der Waals surface area contributed by atoms with Crippen molar-refractivity contribution in [3.8, 4) is 0 Å². The Balaban J connectivity index is 1.34. The molecule has 0 unspecified atom stereocenters. The average Bonchev–Trinajstić information content (AvgIpc) is 3.02. The fourth-order valence-electron chi connectivity index (χ4n) is 5.03. The number of anilines is 1. The number of allylic oxidation sites excluding steroid dienone is 2. The predicted octanol–water partition coefficient (Wildman–Crippen LogP) is 3.89. The lowest BCUT2D eigenvalue weighted by Gasteiger charge is -2.21. The van der Waals surface area contributed by atoms with Crippen molar-refractivity contribution < 1.29 is 14.3 Å². The van der Waals surface area contributed by atoms with E-state index in [0.717, 1.165) is 43.6 Å². The molecule has 28 heavy (non-hydrogen) atoms. The van der Waals surface area contributed by atoms with Crippen LogP contribution in [0.4, 0.5) is 5.69 Å². The molecule has 0 bridgehead atoms. The van der Waals surface area contributed by atoms with Gasteiger partial charge in [-0.1, -0.05) is 29.8 Å². The molecule has 2 saturated heterocycles. The summed E-state index contributed by atoms with van der Waals surface area (Å²) in [7, 11) is 0. The van der Waals surface area contributed by atoms with Crippen molar-refractivity contribution in [2.24, 2.45) is 16.8 Å². The Labute approximate surface area is 166 Å². The Morgan fingerprint density at radius 1 is 1.32 bits per heavy atom. The third kappa shape index (κ3) is 3.16. The summed E-state index contributed by atoms with van der Waals surface area (Å²) in [5.41, 5.74) is 3.63. The molecule has 5 atom stereocenters. The van der Waals surface area contributed by atoms with Crippen molar-refractivity contribution in [1.82, 2.24) is 0 Å². The Morgan fingerprint density at radius 2 is 2.18 bits per heavy atom. The van der Waals surface area contributed by atoms with Gasteiger partial charge in [-0.15, -0.1) is 0 Å². The van der Waals surface area contributed by atoms with Crippen LogP contribution in [0.2, 0.25) is 0 Å². The van der Waals surface area contributed by atoms with E-state index < -0.39 is 0 Å². The number of aliphatic imine (C=N–C) groups is 1. The molecule has 148 valence electrons. The zero-order valence-electron chi connectivity index (χ0n) is 16.6. The highest BCUT2D eigenvalue weighted by atomic mass is 16.6.